The van der Waals surface area contributed by atoms with Gasteiger partial charge in [0.25, 0.3) is 0 Å². The van der Waals surface area contributed by atoms with Crippen LogP contribution in [0.4, 0.5) is 0 Å². The highest BCUT2D eigenvalue weighted by Gasteiger charge is 2.64. The van der Waals surface area contributed by atoms with E-state index in [-0.39, 0.29) is 30.7 Å². The summed E-state index contributed by atoms with van der Waals surface area (Å²) in [6, 6.07) is 9.86. The van der Waals surface area contributed by atoms with Crippen molar-refractivity contribution in [3.05, 3.63) is 47.6 Å². The first-order chi connectivity index (χ1) is 14.5. The molecule has 160 valence electrons. The molecule has 1 unspecified atom stereocenters. The van der Waals surface area contributed by atoms with E-state index in [1.54, 1.807) is 4.90 Å². The summed E-state index contributed by atoms with van der Waals surface area (Å²) in [5.41, 5.74) is 1.11. The van der Waals surface area contributed by atoms with Crippen molar-refractivity contribution in [3.63, 3.8) is 0 Å². The highest BCUT2D eigenvalue weighted by molar-refractivity contribution is 7.93. The number of rotatable bonds is 5. The van der Waals surface area contributed by atoms with Crippen LogP contribution >= 0.6 is 0 Å². The number of benzene rings is 1. The Hall–Kier alpha value is -2.22. The Kier molecular flexibility index (Phi) is 4.92. The van der Waals surface area contributed by atoms with Gasteiger partial charge in [-0.2, -0.15) is 4.98 Å². The lowest BCUT2D eigenvalue weighted by Gasteiger charge is -2.49. The van der Waals surface area contributed by atoms with E-state index < -0.39 is 14.6 Å². The second kappa shape index (κ2) is 7.48. The molecule has 7 nitrogen and oxygen atoms in total. The highest BCUT2D eigenvalue weighted by atomic mass is 32.2. The summed E-state index contributed by atoms with van der Waals surface area (Å²) < 4.78 is 30.5. The average molecular weight is 430 g/mol. The van der Waals surface area contributed by atoms with Crippen LogP contribution < -0.4 is 0 Å². The van der Waals surface area contributed by atoms with E-state index in [1.807, 2.05) is 30.3 Å². The van der Waals surface area contributed by atoms with E-state index >= 15 is 0 Å². The van der Waals surface area contributed by atoms with Gasteiger partial charge in [-0.15, -0.1) is 0 Å². The fourth-order valence-corrected chi connectivity index (χ4v) is 7.60. The molecule has 1 aliphatic carbocycles. The first-order valence-corrected chi connectivity index (χ1v) is 12.5. The summed E-state index contributed by atoms with van der Waals surface area (Å²) in [6.07, 6.45) is 6.02. The van der Waals surface area contributed by atoms with Crippen molar-refractivity contribution in [2.75, 3.05) is 18.8 Å². The summed E-state index contributed by atoms with van der Waals surface area (Å²) >= 11 is 0. The lowest BCUT2D eigenvalue weighted by atomic mass is 9.82. The molecule has 2 aromatic rings. The zero-order chi connectivity index (χ0) is 20.8. The zero-order valence-electron chi connectivity index (χ0n) is 17.0. The van der Waals surface area contributed by atoms with Gasteiger partial charge in [0.1, 0.15) is 4.75 Å². The maximum atomic E-state index is 12.9. The summed E-state index contributed by atoms with van der Waals surface area (Å²) in [5.74, 6) is 1.29. The van der Waals surface area contributed by atoms with E-state index in [2.05, 4.69) is 10.1 Å². The van der Waals surface area contributed by atoms with Crippen LogP contribution in [0.5, 0.6) is 0 Å². The minimum Gasteiger partial charge on any atom is -0.339 e. The van der Waals surface area contributed by atoms with E-state index in [9.17, 15) is 13.2 Å². The molecule has 2 saturated heterocycles. The quantitative estimate of drug-likeness (QED) is 0.726. The third kappa shape index (κ3) is 3.25. The van der Waals surface area contributed by atoms with Crippen LogP contribution in [0.2, 0.25) is 0 Å². The van der Waals surface area contributed by atoms with Gasteiger partial charge in [-0.1, -0.05) is 48.3 Å². The van der Waals surface area contributed by atoms with E-state index in [0.29, 0.717) is 31.1 Å². The van der Waals surface area contributed by atoms with Crippen LogP contribution in [0.15, 0.2) is 34.9 Å². The summed E-state index contributed by atoms with van der Waals surface area (Å²) in [5, 5.41) is 4.17. The van der Waals surface area contributed by atoms with Gasteiger partial charge in [-0.3, -0.25) is 4.79 Å². The number of nitrogens with zero attached hydrogens (tertiary/aromatic N) is 3. The molecule has 1 aromatic heterocycles. The normalized spacial score (nSPS) is 24.9. The summed E-state index contributed by atoms with van der Waals surface area (Å²) in [4.78, 5) is 18.9. The molecule has 1 amide bonds. The van der Waals surface area contributed by atoms with Crippen LogP contribution in [0.25, 0.3) is 0 Å². The molecule has 0 N–H and O–H groups in total. The number of carbonyl (C=O) groups is 1. The molecule has 8 heteroatoms. The molecular weight excluding hydrogens is 402 g/mol. The van der Waals surface area contributed by atoms with Crippen molar-refractivity contribution in [1.29, 1.82) is 0 Å². The molecule has 0 radical (unpaired) electrons. The molecule has 5 rings (SSSR count). The summed E-state index contributed by atoms with van der Waals surface area (Å²) in [7, 11) is -3.31. The van der Waals surface area contributed by atoms with Crippen molar-refractivity contribution < 1.29 is 17.7 Å². The number of carbonyl (C=O) groups excluding carboxylic acids is 1. The van der Waals surface area contributed by atoms with E-state index in [0.717, 1.165) is 24.2 Å². The fourth-order valence-electron chi connectivity index (χ4n) is 5.29. The predicted octanol–water partition coefficient (Wildman–Crippen LogP) is 2.84. The van der Waals surface area contributed by atoms with Crippen LogP contribution in [-0.4, -0.2) is 53.0 Å². The zero-order valence-corrected chi connectivity index (χ0v) is 17.8. The van der Waals surface area contributed by atoms with Gasteiger partial charge in [-0.25, -0.2) is 8.42 Å². The smallest absolute Gasteiger partial charge is 0.231 e. The lowest BCUT2D eigenvalue weighted by Crippen LogP contribution is -2.67. The van der Waals surface area contributed by atoms with Gasteiger partial charge in [-0.05, 0) is 31.2 Å². The average Bonchev–Trinajstić information content (AvgIpc) is 3.44. The number of hydrogen-bond acceptors (Lipinski definition) is 6. The molecule has 2 aliphatic heterocycles. The van der Waals surface area contributed by atoms with E-state index in [4.69, 9.17) is 4.52 Å². The SMILES string of the molecule is O=C(CCc1ccccc1)N1CC2(C1)C(c1nc(C3CCCC3)no1)CCS2(=O)=O. The molecule has 1 aromatic carbocycles. The maximum Gasteiger partial charge on any atom is 0.231 e. The highest BCUT2D eigenvalue weighted by Crippen LogP contribution is 2.50. The number of aromatic nitrogens is 2. The van der Waals surface area contributed by atoms with Crippen molar-refractivity contribution >= 4 is 15.7 Å². The van der Waals surface area contributed by atoms with Crippen LogP contribution in [0, 0.1) is 0 Å². The molecule has 3 aliphatic rings. The van der Waals surface area contributed by atoms with Gasteiger partial charge in [0.05, 0.1) is 11.7 Å². The second-order valence-corrected chi connectivity index (χ2v) is 11.4. The topological polar surface area (TPSA) is 93.4 Å². The largest absolute Gasteiger partial charge is 0.339 e. The minimum atomic E-state index is -3.31. The fraction of sp³-hybridized carbons (Fsp3) is 0.591. The van der Waals surface area contributed by atoms with Crippen LogP contribution in [0.1, 0.15) is 67.6 Å². The molecular formula is C22H27N3O4S. The molecule has 1 saturated carbocycles. The first-order valence-electron chi connectivity index (χ1n) is 10.9. The van der Waals surface area contributed by atoms with Gasteiger partial charge in [0.2, 0.25) is 11.8 Å². The second-order valence-electron chi connectivity index (χ2n) is 8.93. The van der Waals surface area contributed by atoms with Gasteiger partial charge < -0.3 is 9.42 Å². The number of sulfone groups is 1. The molecule has 1 spiro atoms. The third-order valence-electron chi connectivity index (χ3n) is 7.15. The van der Waals surface area contributed by atoms with Crippen LogP contribution in [-0.2, 0) is 21.1 Å². The standard InChI is InChI=1S/C22H27N3O4S/c26-19(11-10-16-6-2-1-3-7-16)25-14-22(15-25)18(12-13-30(22,27)28)21-23-20(24-29-21)17-8-4-5-9-17/h1-3,6-7,17-18H,4-5,8-15H2. The number of aryl methyl sites for hydroxylation is 1. The first kappa shape index (κ1) is 19.7. The lowest BCUT2D eigenvalue weighted by molar-refractivity contribution is -0.136. The third-order valence-corrected chi connectivity index (χ3v) is 9.70. The Bertz CT molecular complexity index is 1020. The number of hydrogen-bond donors (Lipinski definition) is 0. The number of likely N-dealkylation sites (tertiary alicyclic amines) is 1. The Labute approximate surface area is 176 Å². The van der Waals surface area contributed by atoms with Crippen molar-refractivity contribution in [1.82, 2.24) is 15.0 Å². The van der Waals surface area contributed by atoms with Gasteiger partial charge in [0, 0.05) is 25.4 Å². The Morgan fingerprint density at radius 2 is 1.87 bits per heavy atom. The van der Waals surface area contributed by atoms with Crippen molar-refractivity contribution in [3.8, 4) is 0 Å². The Balaban J connectivity index is 1.28. The molecule has 1 atom stereocenters. The monoisotopic (exact) mass is 429 g/mol. The van der Waals surface area contributed by atoms with Crippen molar-refractivity contribution in [2.45, 2.75) is 61.5 Å². The van der Waals surface area contributed by atoms with Gasteiger partial charge in [0.15, 0.2) is 15.7 Å². The minimum absolute atomic E-state index is 0.00232. The summed E-state index contributed by atoms with van der Waals surface area (Å²) in [6.45, 7) is 0.462. The Morgan fingerprint density at radius 1 is 1.13 bits per heavy atom. The molecule has 3 fully saturated rings. The maximum absolute atomic E-state index is 12.9. The van der Waals surface area contributed by atoms with Gasteiger partial charge >= 0.3 is 0 Å². The van der Waals surface area contributed by atoms with Crippen molar-refractivity contribution in [2.24, 2.45) is 0 Å². The van der Waals surface area contributed by atoms with E-state index in [1.165, 1.54) is 12.8 Å². The molecule has 30 heavy (non-hydrogen) atoms. The Morgan fingerprint density at radius 3 is 2.60 bits per heavy atom. The van der Waals surface area contributed by atoms with Crippen LogP contribution in [0.3, 0.4) is 0 Å². The number of amides is 1. The molecule has 3 heterocycles. The molecule has 0 bridgehead atoms. The predicted molar refractivity (Wildman–Crippen MR) is 111 cm³/mol.